The van der Waals surface area contributed by atoms with Gasteiger partial charge in [-0.1, -0.05) is 0 Å². The first-order valence-corrected chi connectivity index (χ1v) is 10.3. The smallest absolute Gasteiger partial charge is 0.274 e. The number of benzene rings is 1. The van der Waals surface area contributed by atoms with Crippen molar-refractivity contribution in [2.75, 3.05) is 26.4 Å². The monoisotopic (exact) mass is 398 g/mol. The molecule has 1 aliphatic rings. The van der Waals surface area contributed by atoms with Gasteiger partial charge in [-0.05, 0) is 31.4 Å². The van der Waals surface area contributed by atoms with Crippen LogP contribution < -0.4 is 4.72 Å². The van der Waals surface area contributed by atoms with E-state index in [1.807, 2.05) is 0 Å². The van der Waals surface area contributed by atoms with Gasteiger partial charge in [0.25, 0.3) is 5.91 Å². The van der Waals surface area contributed by atoms with Gasteiger partial charge in [0.15, 0.2) is 17.3 Å². The Labute approximate surface area is 156 Å². The molecule has 2 aromatic rings. The number of rotatable bonds is 6. The van der Waals surface area contributed by atoms with Gasteiger partial charge >= 0.3 is 0 Å². The van der Waals surface area contributed by atoms with Crippen LogP contribution in [-0.4, -0.2) is 55.4 Å². The van der Waals surface area contributed by atoms with Crippen molar-refractivity contribution < 1.29 is 22.0 Å². The van der Waals surface area contributed by atoms with Crippen LogP contribution in [0.25, 0.3) is 5.69 Å². The van der Waals surface area contributed by atoms with Crippen molar-refractivity contribution in [3.63, 3.8) is 0 Å². The van der Waals surface area contributed by atoms with E-state index in [1.165, 1.54) is 15.6 Å². The van der Waals surface area contributed by atoms with E-state index in [4.69, 9.17) is 0 Å². The van der Waals surface area contributed by atoms with Crippen LogP contribution in [0.15, 0.2) is 18.2 Å². The molecule has 0 aliphatic heterocycles. The number of nitrogens with zero attached hydrogens (tertiary/aromatic N) is 3. The lowest BCUT2D eigenvalue weighted by molar-refractivity contribution is 0.0790. The standard InChI is InChI=1S/C17H20F2N4O3S/c1-22(9-8-20-27(2,25)26)17(24)16-12-4-3-5-15(12)23(21-16)11-6-7-13(18)14(19)10-11/h6-7,10,20H,3-5,8-9H2,1-2H3. The summed E-state index contributed by atoms with van der Waals surface area (Å²) in [5.41, 5.74) is 2.22. The van der Waals surface area contributed by atoms with Gasteiger partial charge in [-0.3, -0.25) is 4.79 Å². The number of nitrogens with one attached hydrogen (secondary N) is 1. The zero-order valence-corrected chi connectivity index (χ0v) is 15.8. The second kappa shape index (κ2) is 7.35. The van der Waals surface area contributed by atoms with Crippen molar-refractivity contribution >= 4 is 15.9 Å². The molecule has 1 aromatic carbocycles. The maximum absolute atomic E-state index is 13.6. The van der Waals surface area contributed by atoms with Crippen molar-refractivity contribution in [3.05, 3.63) is 46.8 Å². The van der Waals surface area contributed by atoms with Gasteiger partial charge in [0.1, 0.15) is 0 Å². The highest BCUT2D eigenvalue weighted by Gasteiger charge is 2.28. The van der Waals surface area contributed by atoms with E-state index in [9.17, 15) is 22.0 Å². The molecule has 0 radical (unpaired) electrons. The Hall–Kier alpha value is -2.33. The number of carbonyl (C=O) groups excluding carboxylic acids is 1. The number of carbonyl (C=O) groups is 1. The number of hydrogen-bond donors (Lipinski definition) is 1. The highest BCUT2D eigenvalue weighted by atomic mass is 32.2. The largest absolute Gasteiger partial charge is 0.339 e. The maximum Gasteiger partial charge on any atom is 0.274 e. The predicted molar refractivity (Wildman–Crippen MR) is 95.3 cm³/mol. The molecular weight excluding hydrogens is 378 g/mol. The summed E-state index contributed by atoms with van der Waals surface area (Å²) in [6, 6.07) is 3.49. The minimum absolute atomic E-state index is 0.0904. The normalized spacial score (nSPS) is 13.6. The molecular formula is C17H20F2N4O3S. The molecule has 146 valence electrons. The van der Waals surface area contributed by atoms with E-state index in [-0.39, 0.29) is 24.7 Å². The third-order valence-corrected chi connectivity index (χ3v) is 5.17. The second-order valence-corrected chi connectivity index (χ2v) is 8.36. The third kappa shape index (κ3) is 4.16. The lowest BCUT2D eigenvalue weighted by Gasteiger charge is -2.16. The van der Waals surface area contributed by atoms with Crippen LogP contribution in [0.3, 0.4) is 0 Å². The van der Waals surface area contributed by atoms with Crippen molar-refractivity contribution in [2.24, 2.45) is 0 Å². The summed E-state index contributed by atoms with van der Waals surface area (Å²) in [7, 11) is -1.77. The second-order valence-electron chi connectivity index (χ2n) is 6.53. The van der Waals surface area contributed by atoms with E-state index >= 15 is 0 Å². The molecule has 1 aromatic heterocycles. The lowest BCUT2D eigenvalue weighted by Crippen LogP contribution is -2.36. The molecule has 1 N–H and O–H groups in total. The summed E-state index contributed by atoms with van der Waals surface area (Å²) in [6.45, 7) is 0.270. The fourth-order valence-electron chi connectivity index (χ4n) is 3.12. The molecule has 0 saturated carbocycles. The van der Waals surface area contributed by atoms with Crippen molar-refractivity contribution in [3.8, 4) is 5.69 Å². The summed E-state index contributed by atoms with van der Waals surface area (Å²) in [5, 5.41) is 4.35. The minimum Gasteiger partial charge on any atom is -0.339 e. The van der Waals surface area contributed by atoms with Gasteiger partial charge in [-0.25, -0.2) is 26.6 Å². The Balaban J connectivity index is 1.86. The maximum atomic E-state index is 13.6. The molecule has 0 spiro atoms. The fourth-order valence-corrected chi connectivity index (χ4v) is 3.58. The predicted octanol–water partition coefficient (Wildman–Crippen LogP) is 1.26. The molecule has 0 fully saturated rings. The molecule has 10 heteroatoms. The van der Waals surface area contributed by atoms with Crippen LogP contribution >= 0.6 is 0 Å². The zero-order valence-electron chi connectivity index (χ0n) is 15.0. The van der Waals surface area contributed by atoms with Crippen LogP contribution in [-0.2, 0) is 22.9 Å². The molecule has 0 atom stereocenters. The average Bonchev–Trinajstić information content (AvgIpc) is 3.18. The molecule has 7 nitrogen and oxygen atoms in total. The first-order valence-electron chi connectivity index (χ1n) is 8.43. The van der Waals surface area contributed by atoms with Gasteiger partial charge in [-0.15, -0.1) is 0 Å². The van der Waals surface area contributed by atoms with E-state index in [1.54, 1.807) is 7.05 Å². The van der Waals surface area contributed by atoms with Crippen molar-refractivity contribution in [1.29, 1.82) is 0 Å². The van der Waals surface area contributed by atoms with Crippen LogP contribution in [0.1, 0.15) is 28.2 Å². The first kappa shape index (κ1) is 19.4. The van der Waals surface area contributed by atoms with Crippen LogP contribution in [0.5, 0.6) is 0 Å². The highest BCUT2D eigenvalue weighted by molar-refractivity contribution is 7.88. The molecule has 0 unspecified atom stereocenters. The Kier molecular flexibility index (Phi) is 5.29. The van der Waals surface area contributed by atoms with Crippen LogP contribution in [0.4, 0.5) is 8.78 Å². The third-order valence-electron chi connectivity index (χ3n) is 4.44. The molecule has 1 heterocycles. The Morgan fingerprint density at radius 3 is 2.70 bits per heavy atom. The summed E-state index contributed by atoms with van der Waals surface area (Å²) in [4.78, 5) is 14.1. The van der Waals surface area contributed by atoms with E-state index in [0.717, 1.165) is 36.1 Å². The number of hydrogen-bond acceptors (Lipinski definition) is 4. The van der Waals surface area contributed by atoms with Gasteiger partial charge in [0.05, 0.1) is 11.9 Å². The SMILES string of the molecule is CN(CCNS(C)(=O)=O)C(=O)c1nn(-c2ccc(F)c(F)c2)c2c1CCC2. The van der Waals surface area contributed by atoms with Crippen LogP contribution in [0, 0.1) is 11.6 Å². The van der Waals surface area contributed by atoms with E-state index < -0.39 is 21.7 Å². The lowest BCUT2D eigenvalue weighted by atomic mass is 10.2. The van der Waals surface area contributed by atoms with E-state index in [2.05, 4.69) is 9.82 Å². The summed E-state index contributed by atoms with van der Waals surface area (Å²) >= 11 is 0. The van der Waals surface area contributed by atoms with Crippen molar-refractivity contribution in [1.82, 2.24) is 19.4 Å². The highest BCUT2D eigenvalue weighted by Crippen LogP contribution is 2.28. The number of fused-ring (bicyclic) bond motifs is 1. The van der Waals surface area contributed by atoms with E-state index in [0.29, 0.717) is 18.5 Å². The Morgan fingerprint density at radius 2 is 2.04 bits per heavy atom. The average molecular weight is 398 g/mol. The minimum atomic E-state index is -3.33. The molecule has 3 rings (SSSR count). The number of halogens is 2. The fraction of sp³-hybridized carbons (Fsp3) is 0.412. The number of likely N-dealkylation sites (N-methyl/N-ethyl adjacent to an activating group) is 1. The Bertz CT molecular complexity index is 988. The van der Waals surface area contributed by atoms with Gasteiger partial charge in [0.2, 0.25) is 10.0 Å². The van der Waals surface area contributed by atoms with Crippen LogP contribution in [0.2, 0.25) is 0 Å². The molecule has 0 bridgehead atoms. The van der Waals surface area contributed by atoms with Crippen molar-refractivity contribution in [2.45, 2.75) is 19.3 Å². The first-order chi connectivity index (χ1) is 12.7. The molecule has 1 aliphatic carbocycles. The summed E-state index contributed by atoms with van der Waals surface area (Å²) in [5.74, 6) is -2.27. The number of sulfonamides is 1. The van der Waals surface area contributed by atoms with Gasteiger partial charge in [0, 0.05) is 37.5 Å². The van der Waals surface area contributed by atoms with Gasteiger partial charge in [-0.2, -0.15) is 5.10 Å². The zero-order chi connectivity index (χ0) is 19.8. The number of aromatic nitrogens is 2. The molecule has 0 saturated heterocycles. The molecule has 27 heavy (non-hydrogen) atoms. The summed E-state index contributed by atoms with van der Waals surface area (Å²) in [6.07, 6.45) is 3.26. The quantitative estimate of drug-likeness (QED) is 0.794. The summed E-state index contributed by atoms with van der Waals surface area (Å²) < 4.78 is 52.9. The molecule has 1 amide bonds. The number of amides is 1. The topological polar surface area (TPSA) is 84.3 Å². The van der Waals surface area contributed by atoms with Gasteiger partial charge < -0.3 is 4.90 Å². The Morgan fingerprint density at radius 1 is 1.30 bits per heavy atom.